The lowest BCUT2D eigenvalue weighted by molar-refractivity contribution is -0.126. The number of hydrogen-bond donors (Lipinski definition) is 1. The molecule has 2 aromatic carbocycles. The standard InChI is InChI=1S/C20H23N3O3/c1-20(2,3)11-16(24)21-23-18(25)13-8-6-7-12-15(22(4)5)10-9-14(17(12)13)19(23)26/h6-10H,11H2,1-5H3,(H,21,24). The second-order valence-corrected chi connectivity index (χ2v) is 7.97. The Hall–Kier alpha value is -2.89. The van der Waals surface area contributed by atoms with Gasteiger partial charge in [-0.2, -0.15) is 5.01 Å². The minimum Gasteiger partial charge on any atom is -0.377 e. The average molecular weight is 353 g/mol. The van der Waals surface area contributed by atoms with Gasteiger partial charge in [-0.05, 0) is 23.6 Å². The lowest BCUT2D eigenvalue weighted by Gasteiger charge is -2.29. The van der Waals surface area contributed by atoms with Crippen molar-refractivity contribution in [1.29, 1.82) is 0 Å². The Kier molecular flexibility index (Phi) is 4.22. The van der Waals surface area contributed by atoms with Crippen molar-refractivity contribution in [3.05, 3.63) is 41.5 Å². The Morgan fingerprint density at radius 2 is 1.65 bits per heavy atom. The molecule has 0 aliphatic carbocycles. The zero-order valence-electron chi connectivity index (χ0n) is 15.7. The molecular formula is C20H23N3O3. The van der Waals surface area contributed by atoms with Crippen LogP contribution in [0.2, 0.25) is 0 Å². The summed E-state index contributed by atoms with van der Waals surface area (Å²) in [4.78, 5) is 39.9. The third kappa shape index (κ3) is 3.03. The summed E-state index contributed by atoms with van der Waals surface area (Å²) in [7, 11) is 3.82. The van der Waals surface area contributed by atoms with E-state index in [1.54, 1.807) is 18.2 Å². The number of amides is 3. The molecule has 0 radical (unpaired) electrons. The van der Waals surface area contributed by atoms with E-state index in [0.717, 1.165) is 16.1 Å². The van der Waals surface area contributed by atoms with Crippen LogP contribution in [0.3, 0.4) is 0 Å². The molecule has 2 aromatic rings. The van der Waals surface area contributed by atoms with Gasteiger partial charge in [-0.15, -0.1) is 0 Å². The van der Waals surface area contributed by atoms with Gasteiger partial charge in [-0.25, -0.2) is 0 Å². The van der Waals surface area contributed by atoms with Crippen molar-refractivity contribution in [2.75, 3.05) is 19.0 Å². The molecule has 26 heavy (non-hydrogen) atoms. The van der Waals surface area contributed by atoms with Gasteiger partial charge in [0.05, 0.1) is 11.1 Å². The van der Waals surface area contributed by atoms with Gasteiger partial charge in [0.25, 0.3) is 11.8 Å². The maximum absolute atomic E-state index is 12.9. The third-order valence-corrected chi connectivity index (χ3v) is 4.29. The van der Waals surface area contributed by atoms with Gasteiger partial charge in [-0.3, -0.25) is 19.8 Å². The van der Waals surface area contributed by atoms with Crippen molar-refractivity contribution in [1.82, 2.24) is 10.4 Å². The van der Waals surface area contributed by atoms with Crippen LogP contribution in [0.15, 0.2) is 30.3 Å². The summed E-state index contributed by atoms with van der Waals surface area (Å²) in [5.74, 6) is -1.38. The summed E-state index contributed by atoms with van der Waals surface area (Å²) >= 11 is 0. The molecule has 3 amide bonds. The van der Waals surface area contributed by atoms with Crippen molar-refractivity contribution in [3.63, 3.8) is 0 Å². The van der Waals surface area contributed by atoms with Crippen LogP contribution in [0.1, 0.15) is 47.9 Å². The minimum atomic E-state index is -0.508. The number of anilines is 1. The highest BCUT2D eigenvalue weighted by molar-refractivity contribution is 6.27. The maximum Gasteiger partial charge on any atom is 0.280 e. The smallest absolute Gasteiger partial charge is 0.280 e. The largest absolute Gasteiger partial charge is 0.377 e. The Labute approximate surface area is 152 Å². The molecule has 6 heteroatoms. The van der Waals surface area contributed by atoms with Crippen molar-refractivity contribution in [3.8, 4) is 0 Å². The quantitative estimate of drug-likeness (QED) is 0.862. The number of hydrazine groups is 1. The van der Waals surface area contributed by atoms with E-state index in [9.17, 15) is 14.4 Å². The normalized spacial score (nSPS) is 14.0. The monoisotopic (exact) mass is 353 g/mol. The van der Waals surface area contributed by atoms with Crippen LogP contribution in [-0.4, -0.2) is 36.8 Å². The summed E-state index contributed by atoms with van der Waals surface area (Å²) in [6.07, 6.45) is 0.209. The first-order chi connectivity index (χ1) is 12.1. The molecule has 6 nitrogen and oxygen atoms in total. The van der Waals surface area contributed by atoms with Crippen LogP contribution in [0.4, 0.5) is 5.69 Å². The highest BCUT2D eigenvalue weighted by atomic mass is 16.2. The van der Waals surface area contributed by atoms with Gasteiger partial charge in [-0.1, -0.05) is 32.9 Å². The minimum absolute atomic E-state index is 0.209. The molecule has 0 fully saturated rings. The predicted molar refractivity (Wildman–Crippen MR) is 101 cm³/mol. The molecule has 3 rings (SSSR count). The molecule has 136 valence electrons. The van der Waals surface area contributed by atoms with Crippen LogP contribution >= 0.6 is 0 Å². The molecule has 1 aliphatic heterocycles. The summed E-state index contributed by atoms with van der Waals surface area (Å²) in [6, 6.07) is 8.93. The predicted octanol–water partition coefficient (Wildman–Crippen LogP) is 2.97. The van der Waals surface area contributed by atoms with Crippen LogP contribution in [-0.2, 0) is 4.79 Å². The lowest BCUT2D eigenvalue weighted by atomic mass is 9.92. The van der Waals surface area contributed by atoms with E-state index in [1.807, 2.05) is 51.9 Å². The van der Waals surface area contributed by atoms with E-state index >= 15 is 0 Å². The molecule has 0 saturated heterocycles. The van der Waals surface area contributed by atoms with Gasteiger partial charge < -0.3 is 4.90 Å². The number of hydrogen-bond acceptors (Lipinski definition) is 4. The Morgan fingerprint density at radius 1 is 1.04 bits per heavy atom. The molecule has 1 aliphatic rings. The highest BCUT2D eigenvalue weighted by Crippen LogP contribution is 2.35. The van der Waals surface area contributed by atoms with Gasteiger partial charge >= 0.3 is 0 Å². The Balaban J connectivity index is 2.06. The average Bonchev–Trinajstić information content (AvgIpc) is 2.54. The fourth-order valence-electron chi connectivity index (χ4n) is 3.22. The zero-order valence-corrected chi connectivity index (χ0v) is 15.7. The number of imide groups is 1. The highest BCUT2D eigenvalue weighted by Gasteiger charge is 2.35. The third-order valence-electron chi connectivity index (χ3n) is 4.29. The van der Waals surface area contributed by atoms with E-state index in [1.165, 1.54) is 0 Å². The second-order valence-electron chi connectivity index (χ2n) is 7.97. The van der Waals surface area contributed by atoms with Crippen molar-refractivity contribution in [2.24, 2.45) is 5.41 Å². The van der Waals surface area contributed by atoms with Crippen LogP contribution in [0.25, 0.3) is 10.8 Å². The van der Waals surface area contributed by atoms with E-state index in [-0.39, 0.29) is 17.7 Å². The Bertz CT molecular complexity index is 904. The first-order valence-electron chi connectivity index (χ1n) is 8.51. The van der Waals surface area contributed by atoms with Gasteiger partial charge in [0, 0.05) is 37.0 Å². The molecular weight excluding hydrogens is 330 g/mol. The molecule has 0 spiro atoms. The zero-order chi connectivity index (χ0) is 19.2. The van der Waals surface area contributed by atoms with Gasteiger partial charge in [0.1, 0.15) is 0 Å². The number of carbonyl (C=O) groups excluding carboxylic acids is 3. The summed E-state index contributed by atoms with van der Waals surface area (Å²) < 4.78 is 0. The molecule has 1 heterocycles. The fraction of sp³-hybridized carbons (Fsp3) is 0.350. The number of nitrogens with zero attached hydrogens (tertiary/aromatic N) is 2. The number of nitrogens with one attached hydrogen (secondary N) is 1. The Morgan fingerprint density at radius 3 is 2.23 bits per heavy atom. The van der Waals surface area contributed by atoms with E-state index in [0.29, 0.717) is 16.5 Å². The first-order valence-corrected chi connectivity index (χ1v) is 8.51. The SMILES string of the molecule is CN(C)c1ccc2c3c(cccc13)C(=O)N(NC(=O)CC(C)(C)C)C2=O. The molecule has 0 bridgehead atoms. The summed E-state index contributed by atoms with van der Waals surface area (Å²) in [5.41, 5.74) is 3.99. The van der Waals surface area contributed by atoms with E-state index < -0.39 is 11.8 Å². The van der Waals surface area contributed by atoms with Gasteiger partial charge in [0.15, 0.2) is 0 Å². The van der Waals surface area contributed by atoms with Gasteiger partial charge in [0.2, 0.25) is 5.91 Å². The molecule has 0 aromatic heterocycles. The number of carbonyl (C=O) groups is 3. The summed E-state index contributed by atoms with van der Waals surface area (Å²) in [6.45, 7) is 5.77. The van der Waals surface area contributed by atoms with Crippen LogP contribution in [0.5, 0.6) is 0 Å². The van der Waals surface area contributed by atoms with Crippen LogP contribution in [0, 0.1) is 5.41 Å². The summed E-state index contributed by atoms with van der Waals surface area (Å²) in [5, 5.41) is 2.31. The topological polar surface area (TPSA) is 69.7 Å². The number of rotatable bonds is 3. The number of benzene rings is 2. The van der Waals surface area contributed by atoms with E-state index in [2.05, 4.69) is 5.43 Å². The molecule has 0 saturated carbocycles. The first kappa shape index (κ1) is 17.9. The molecule has 0 atom stereocenters. The van der Waals surface area contributed by atoms with Crippen molar-refractivity contribution >= 4 is 34.2 Å². The van der Waals surface area contributed by atoms with Crippen molar-refractivity contribution in [2.45, 2.75) is 27.2 Å². The van der Waals surface area contributed by atoms with E-state index in [4.69, 9.17) is 0 Å². The molecule has 0 unspecified atom stereocenters. The van der Waals surface area contributed by atoms with Crippen LogP contribution < -0.4 is 10.3 Å². The molecule has 1 N–H and O–H groups in total. The maximum atomic E-state index is 12.9. The van der Waals surface area contributed by atoms with Crippen molar-refractivity contribution < 1.29 is 14.4 Å². The lowest BCUT2D eigenvalue weighted by Crippen LogP contribution is -2.52. The fourth-order valence-corrected chi connectivity index (χ4v) is 3.22. The second kappa shape index (κ2) is 6.12.